The van der Waals surface area contributed by atoms with E-state index in [1.807, 2.05) is 0 Å². The van der Waals surface area contributed by atoms with Crippen LogP contribution in [0, 0.1) is 13.8 Å². The summed E-state index contributed by atoms with van der Waals surface area (Å²) in [5.41, 5.74) is 4.12. The molecule has 0 saturated heterocycles. The summed E-state index contributed by atoms with van der Waals surface area (Å²) in [6.07, 6.45) is 3.99. The molecule has 0 heterocycles. The Labute approximate surface area is 105 Å². The molecule has 0 aromatic heterocycles. The van der Waals surface area contributed by atoms with Crippen molar-refractivity contribution in [2.45, 2.75) is 45.7 Å². The summed E-state index contributed by atoms with van der Waals surface area (Å²) < 4.78 is 0. The molecule has 1 aromatic rings. The van der Waals surface area contributed by atoms with E-state index in [9.17, 15) is 0 Å². The average molecular weight is 232 g/mol. The number of hydrogen-bond donors (Lipinski definition) is 2. The van der Waals surface area contributed by atoms with Gasteiger partial charge in [-0.2, -0.15) is 0 Å². The number of benzene rings is 1. The molecule has 1 aromatic carbocycles. The van der Waals surface area contributed by atoms with Crippen LogP contribution in [-0.4, -0.2) is 19.1 Å². The predicted octanol–water partition coefficient (Wildman–Crippen LogP) is 2.54. The van der Waals surface area contributed by atoms with E-state index in [0.717, 1.165) is 25.7 Å². The minimum atomic E-state index is 0.842. The fraction of sp³-hybridized carbons (Fsp3) is 0.600. The molecule has 1 fully saturated rings. The van der Waals surface area contributed by atoms with Crippen molar-refractivity contribution in [2.75, 3.05) is 13.1 Å². The Morgan fingerprint density at radius 2 is 1.76 bits per heavy atom. The van der Waals surface area contributed by atoms with Crippen molar-refractivity contribution in [1.82, 2.24) is 10.6 Å². The van der Waals surface area contributed by atoms with Crippen LogP contribution in [-0.2, 0) is 6.54 Å². The standard InChI is InChI=1S/C15H24N2/c1-12-8-13(2)10-14(9-12)11-16-6-3-7-17-15-4-5-15/h8-10,15-17H,3-7,11H2,1-2H3. The summed E-state index contributed by atoms with van der Waals surface area (Å²) in [6, 6.07) is 7.60. The smallest absolute Gasteiger partial charge is 0.0205 e. The van der Waals surface area contributed by atoms with Crippen molar-refractivity contribution in [3.63, 3.8) is 0 Å². The van der Waals surface area contributed by atoms with Crippen molar-refractivity contribution >= 4 is 0 Å². The van der Waals surface area contributed by atoms with Crippen molar-refractivity contribution in [3.05, 3.63) is 34.9 Å². The van der Waals surface area contributed by atoms with Gasteiger partial charge < -0.3 is 10.6 Å². The van der Waals surface area contributed by atoms with Gasteiger partial charge in [0, 0.05) is 12.6 Å². The van der Waals surface area contributed by atoms with Crippen LogP contribution in [0.25, 0.3) is 0 Å². The molecule has 1 aliphatic rings. The molecule has 0 spiro atoms. The lowest BCUT2D eigenvalue weighted by molar-refractivity contribution is 0.593. The van der Waals surface area contributed by atoms with Crippen LogP contribution in [0.15, 0.2) is 18.2 Å². The molecule has 94 valence electrons. The highest BCUT2D eigenvalue weighted by molar-refractivity contribution is 5.28. The van der Waals surface area contributed by atoms with Crippen molar-refractivity contribution < 1.29 is 0 Å². The van der Waals surface area contributed by atoms with Gasteiger partial charge in [0.25, 0.3) is 0 Å². The van der Waals surface area contributed by atoms with Crippen LogP contribution in [0.1, 0.15) is 36.0 Å². The van der Waals surface area contributed by atoms with Gasteiger partial charge in [0.2, 0.25) is 0 Å². The third kappa shape index (κ3) is 4.88. The Balaban J connectivity index is 1.59. The monoisotopic (exact) mass is 232 g/mol. The predicted molar refractivity (Wildman–Crippen MR) is 73.3 cm³/mol. The maximum Gasteiger partial charge on any atom is 0.0205 e. The van der Waals surface area contributed by atoms with Crippen LogP contribution in [0.4, 0.5) is 0 Å². The van der Waals surface area contributed by atoms with Crippen LogP contribution in [0.2, 0.25) is 0 Å². The number of hydrogen-bond acceptors (Lipinski definition) is 2. The Bertz CT molecular complexity index is 336. The summed E-state index contributed by atoms with van der Waals surface area (Å²) in [4.78, 5) is 0. The minimum absolute atomic E-state index is 0.842. The van der Waals surface area contributed by atoms with Crippen molar-refractivity contribution in [2.24, 2.45) is 0 Å². The first-order chi connectivity index (χ1) is 8.24. The molecule has 0 atom stereocenters. The van der Waals surface area contributed by atoms with Crippen molar-refractivity contribution in [3.8, 4) is 0 Å². The lowest BCUT2D eigenvalue weighted by Crippen LogP contribution is -2.23. The normalized spacial score (nSPS) is 15.2. The lowest BCUT2D eigenvalue weighted by atomic mass is 10.1. The second-order valence-corrected chi connectivity index (χ2v) is 5.25. The molecular formula is C15H24N2. The van der Waals surface area contributed by atoms with E-state index in [2.05, 4.69) is 42.7 Å². The molecule has 0 bridgehead atoms. The Hall–Kier alpha value is -0.860. The van der Waals surface area contributed by atoms with E-state index < -0.39 is 0 Å². The van der Waals surface area contributed by atoms with E-state index in [-0.39, 0.29) is 0 Å². The molecule has 1 saturated carbocycles. The highest BCUT2D eigenvalue weighted by Crippen LogP contribution is 2.18. The molecule has 2 N–H and O–H groups in total. The fourth-order valence-corrected chi connectivity index (χ4v) is 2.21. The first-order valence-electron chi connectivity index (χ1n) is 6.75. The number of nitrogens with one attached hydrogen (secondary N) is 2. The first-order valence-corrected chi connectivity index (χ1v) is 6.75. The quantitative estimate of drug-likeness (QED) is 0.706. The van der Waals surface area contributed by atoms with Crippen LogP contribution in [0.5, 0.6) is 0 Å². The summed E-state index contributed by atoms with van der Waals surface area (Å²) in [5.74, 6) is 0. The third-order valence-corrected chi connectivity index (χ3v) is 3.15. The summed E-state index contributed by atoms with van der Waals surface area (Å²) in [5, 5.41) is 7.04. The van der Waals surface area contributed by atoms with E-state index >= 15 is 0 Å². The third-order valence-electron chi connectivity index (χ3n) is 3.15. The van der Waals surface area contributed by atoms with Crippen LogP contribution < -0.4 is 10.6 Å². The number of rotatable bonds is 7. The second kappa shape index (κ2) is 6.18. The number of aryl methyl sites for hydroxylation is 2. The van der Waals surface area contributed by atoms with Gasteiger partial charge >= 0.3 is 0 Å². The van der Waals surface area contributed by atoms with Gasteiger partial charge in [0.15, 0.2) is 0 Å². The van der Waals surface area contributed by atoms with Gasteiger partial charge in [0.05, 0.1) is 0 Å². The highest BCUT2D eigenvalue weighted by Gasteiger charge is 2.19. The topological polar surface area (TPSA) is 24.1 Å². The zero-order chi connectivity index (χ0) is 12.1. The molecule has 0 aliphatic heterocycles. The molecule has 0 amide bonds. The summed E-state index contributed by atoms with van der Waals surface area (Å²) >= 11 is 0. The molecule has 17 heavy (non-hydrogen) atoms. The highest BCUT2D eigenvalue weighted by atomic mass is 14.9. The Morgan fingerprint density at radius 1 is 1.06 bits per heavy atom. The SMILES string of the molecule is Cc1cc(C)cc(CNCCCNC2CC2)c1. The maximum absolute atomic E-state index is 3.53. The molecule has 2 nitrogen and oxygen atoms in total. The zero-order valence-corrected chi connectivity index (χ0v) is 11.1. The molecule has 1 aliphatic carbocycles. The van der Waals surface area contributed by atoms with Gasteiger partial charge in [-0.3, -0.25) is 0 Å². The van der Waals surface area contributed by atoms with E-state index in [0.29, 0.717) is 0 Å². The summed E-state index contributed by atoms with van der Waals surface area (Å²) in [6.45, 7) is 7.58. The van der Waals surface area contributed by atoms with E-state index in [4.69, 9.17) is 0 Å². The lowest BCUT2D eigenvalue weighted by Gasteiger charge is -2.07. The Kier molecular flexibility index (Phi) is 4.57. The molecule has 2 heteroatoms. The van der Waals surface area contributed by atoms with Gasteiger partial charge in [-0.25, -0.2) is 0 Å². The molecule has 0 radical (unpaired) electrons. The fourth-order valence-electron chi connectivity index (χ4n) is 2.21. The molecule has 0 unspecified atom stereocenters. The van der Waals surface area contributed by atoms with Crippen molar-refractivity contribution in [1.29, 1.82) is 0 Å². The zero-order valence-electron chi connectivity index (χ0n) is 11.1. The average Bonchev–Trinajstić information content (AvgIpc) is 3.05. The van der Waals surface area contributed by atoms with Gasteiger partial charge in [-0.05, 0) is 51.8 Å². The van der Waals surface area contributed by atoms with Crippen LogP contribution >= 0.6 is 0 Å². The van der Waals surface area contributed by atoms with Crippen LogP contribution in [0.3, 0.4) is 0 Å². The van der Waals surface area contributed by atoms with Gasteiger partial charge in [-0.15, -0.1) is 0 Å². The van der Waals surface area contributed by atoms with E-state index in [1.165, 1.54) is 36.0 Å². The summed E-state index contributed by atoms with van der Waals surface area (Å²) in [7, 11) is 0. The Morgan fingerprint density at radius 3 is 2.41 bits per heavy atom. The largest absolute Gasteiger partial charge is 0.314 e. The first kappa shape index (κ1) is 12.6. The van der Waals surface area contributed by atoms with Gasteiger partial charge in [0.1, 0.15) is 0 Å². The maximum atomic E-state index is 3.53. The second-order valence-electron chi connectivity index (χ2n) is 5.25. The molecular weight excluding hydrogens is 208 g/mol. The minimum Gasteiger partial charge on any atom is -0.314 e. The van der Waals surface area contributed by atoms with Gasteiger partial charge in [-0.1, -0.05) is 29.3 Å². The van der Waals surface area contributed by atoms with E-state index in [1.54, 1.807) is 0 Å². The molecule has 2 rings (SSSR count).